The van der Waals surface area contributed by atoms with Crippen LogP contribution in [0.5, 0.6) is 11.5 Å². The highest BCUT2D eigenvalue weighted by Crippen LogP contribution is 2.62. The number of amides is 2. The fraction of sp³-hybridized carbons (Fsp3) is 0.661. The van der Waals surface area contributed by atoms with Crippen LogP contribution in [0, 0.1) is 29.5 Å². The molecule has 3 N–H and O–H groups in total. The van der Waals surface area contributed by atoms with E-state index in [1.165, 1.54) is 57.1 Å². The second-order valence-corrected chi connectivity index (χ2v) is 20.0. The average Bonchev–Trinajstić information content (AvgIpc) is 4.22. The molecule has 69 heavy (non-hydrogen) atoms. The van der Waals surface area contributed by atoms with Gasteiger partial charge in [-0.15, -0.1) is 6.58 Å². The van der Waals surface area contributed by atoms with E-state index < -0.39 is 30.1 Å². The number of oxime groups is 1. The molecule has 12 nitrogen and oxygen atoms in total. The summed E-state index contributed by atoms with van der Waals surface area (Å²) in [5.74, 6) is -1.85. The van der Waals surface area contributed by atoms with Crippen LogP contribution in [0.1, 0.15) is 165 Å². The zero-order valence-electron chi connectivity index (χ0n) is 41.3. The maximum atomic E-state index is 14.9. The minimum atomic E-state index is -1.46. The first-order chi connectivity index (χ1) is 33.8. The number of aliphatic hydroxyl groups excluding tert-OH is 2. The molecule has 5 aliphatic rings. The molecule has 7 rings (SSSR count). The Morgan fingerprint density at radius 3 is 2.32 bits per heavy atom. The number of fused-ring (bicyclic) bond motifs is 2. The van der Waals surface area contributed by atoms with Crippen molar-refractivity contribution in [1.29, 1.82) is 0 Å². The number of carbonyl (C=O) groups excluding carboxylic acids is 2. The van der Waals surface area contributed by atoms with Crippen molar-refractivity contribution in [1.82, 2.24) is 10.2 Å². The maximum Gasteiger partial charge on any atom is 0.412 e. The quantitative estimate of drug-likeness (QED) is 0.0412. The number of aliphatic hydroxyl groups is 2. The van der Waals surface area contributed by atoms with Gasteiger partial charge in [0.15, 0.2) is 0 Å². The monoisotopic (exact) mass is 958 g/mol. The van der Waals surface area contributed by atoms with Gasteiger partial charge in [-0.2, -0.15) is 0 Å². The third-order valence-corrected chi connectivity index (χ3v) is 14.9. The van der Waals surface area contributed by atoms with Crippen molar-refractivity contribution in [3.8, 4) is 11.5 Å². The van der Waals surface area contributed by atoms with Crippen LogP contribution in [0.2, 0.25) is 0 Å². The first-order valence-corrected chi connectivity index (χ1v) is 26.7. The lowest BCUT2D eigenvalue weighted by atomic mass is 9.55. The Kier molecular flexibility index (Phi) is 20.4. The van der Waals surface area contributed by atoms with Gasteiger partial charge >= 0.3 is 6.09 Å². The highest BCUT2D eigenvalue weighted by molar-refractivity contribution is 6.03. The molecule has 380 valence electrons. The van der Waals surface area contributed by atoms with Gasteiger partial charge in [-0.3, -0.25) is 4.79 Å². The molecular weight excluding hydrogens is 878 g/mol. The maximum absolute atomic E-state index is 14.9. The minimum absolute atomic E-state index is 0.00829. The summed E-state index contributed by atoms with van der Waals surface area (Å²) in [4.78, 5) is 36.4. The van der Waals surface area contributed by atoms with Gasteiger partial charge in [0.1, 0.15) is 23.4 Å². The van der Waals surface area contributed by atoms with Crippen LogP contribution >= 0.6 is 0 Å². The summed E-state index contributed by atoms with van der Waals surface area (Å²) >= 11 is 0. The van der Waals surface area contributed by atoms with Crippen LogP contribution in [-0.2, 0) is 25.7 Å². The van der Waals surface area contributed by atoms with E-state index in [1.807, 2.05) is 17.0 Å². The lowest BCUT2D eigenvalue weighted by Gasteiger charge is -2.60. The number of halogens is 1. The van der Waals surface area contributed by atoms with Gasteiger partial charge < -0.3 is 44.2 Å². The van der Waals surface area contributed by atoms with Crippen molar-refractivity contribution in [2.45, 2.75) is 179 Å². The summed E-state index contributed by atoms with van der Waals surface area (Å²) in [5, 5.41) is 28.0. The van der Waals surface area contributed by atoms with E-state index in [0.717, 1.165) is 87.3 Å². The van der Waals surface area contributed by atoms with E-state index in [4.69, 9.17) is 28.9 Å². The number of nitrogens with one attached hydrogen (secondary N) is 1. The van der Waals surface area contributed by atoms with Gasteiger partial charge in [0, 0.05) is 56.5 Å². The van der Waals surface area contributed by atoms with Crippen molar-refractivity contribution in [2.75, 3.05) is 33.0 Å². The highest BCUT2D eigenvalue weighted by Gasteiger charge is 2.66. The smallest absolute Gasteiger partial charge is 0.412 e. The molecule has 3 fully saturated rings. The molecule has 1 unspecified atom stereocenters. The Labute approximate surface area is 410 Å². The minimum Gasteiger partial charge on any atom is -0.459 e. The molecule has 7 atom stereocenters. The van der Waals surface area contributed by atoms with Gasteiger partial charge in [-0.25, -0.2) is 9.18 Å². The van der Waals surface area contributed by atoms with Crippen LogP contribution in [0.4, 0.5) is 9.18 Å². The normalized spacial score (nSPS) is 25.4. The fourth-order valence-electron chi connectivity index (χ4n) is 11.3. The molecule has 0 aromatic heterocycles. The van der Waals surface area contributed by atoms with E-state index in [1.54, 1.807) is 24.3 Å². The summed E-state index contributed by atoms with van der Waals surface area (Å²) < 4.78 is 41.0. The number of hydrogen-bond donors (Lipinski definition) is 3. The van der Waals surface area contributed by atoms with Crippen molar-refractivity contribution in [3.63, 3.8) is 0 Å². The molecule has 2 saturated carbocycles. The summed E-state index contributed by atoms with van der Waals surface area (Å²) in [6.45, 7) is 7.88. The molecular formula is C56H80FN3O9. The van der Waals surface area contributed by atoms with Crippen molar-refractivity contribution < 1.29 is 48.0 Å². The number of allylic oxidation sites excluding steroid dienone is 1. The molecule has 0 bridgehead atoms. The molecule has 13 heteroatoms. The molecule has 3 aliphatic carbocycles. The number of carbonyl (C=O) groups is 2. The first-order valence-electron chi connectivity index (χ1n) is 26.7. The Balaban J connectivity index is 1.27. The second kappa shape index (κ2) is 26.8. The van der Waals surface area contributed by atoms with Crippen molar-refractivity contribution in [3.05, 3.63) is 83.7 Å². The lowest BCUT2D eigenvalue weighted by Crippen LogP contribution is -2.70. The van der Waals surface area contributed by atoms with E-state index in [2.05, 4.69) is 24.9 Å². The Morgan fingerprint density at radius 2 is 1.64 bits per heavy atom. The summed E-state index contributed by atoms with van der Waals surface area (Å²) in [6.07, 6.45) is 23.9. The topological polar surface area (TPSA) is 148 Å². The highest BCUT2D eigenvalue weighted by atomic mass is 19.1. The summed E-state index contributed by atoms with van der Waals surface area (Å²) in [6, 6.07) is 11.1. The van der Waals surface area contributed by atoms with Crippen LogP contribution in [0.25, 0.3) is 0 Å². The number of benzene rings is 2. The molecule has 2 heterocycles. The van der Waals surface area contributed by atoms with Crippen molar-refractivity contribution >= 4 is 17.7 Å². The van der Waals surface area contributed by atoms with Crippen LogP contribution in [-0.4, -0.2) is 83.9 Å². The second-order valence-electron chi connectivity index (χ2n) is 20.0. The summed E-state index contributed by atoms with van der Waals surface area (Å²) in [7, 11) is 0. The molecule has 2 aromatic carbocycles. The number of rotatable bonds is 29. The Bertz CT molecular complexity index is 2000. The zero-order valence-corrected chi connectivity index (χ0v) is 41.3. The van der Waals surface area contributed by atoms with Gasteiger partial charge in [-0.1, -0.05) is 107 Å². The lowest BCUT2D eigenvalue weighted by molar-refractivity contribution is -0.258. The van der Waals surface area contributed by atoms with Gasteiger partial charge in [0.05, 0.1) is 24.8 Å². The standard InChI is InChI=1S/C56H80FN3O9/c1-3-5-6-7-8-9-10-11-12-16-31-58-55(64)67-44-29-30-49-47(37-44)52-45(21-14-18-33-62)42(20-13-17-32-61)36-46-48(59-69-51-22-15-19-35-65-51)38-50(56(68-49,53(46)52)66-34-4-2)60(54(63)41-25-26-41)39-40-23-27-43(57)28-24-40/h4,23-24,27-30,36-37,41-42,45,50-53,61-62H,2-3,5-22,25-26,31-35,38-39H2,1H3,(H,58,64)/t42-,45+,50-,51?,52+,53+,56+/m0/s1. The third kappa shape index (κ3) is 14.0. The van der Waals surface area contributed by atoms with Crippen molar-refractivity contribution in [2.24, 2.45) is 28.8 Å². The van der Waals surface area contributed by atoms with Gasteiger partial charge in [-0.05, 0) is 111 Å². The van der Waals surface area contributed by atoms with Crippen LogP contribution in [0.3, 0.4) is 0 Å². The fourth-order valence-corrected chi connectivity index (χ4v) is 11.3. The molecule has 1 saturated heterocycles. The predicted molar refractivity (Wildman–Crippen MR) is 265 cm³/mol. The first kappa shape index (κ1) is 52.5. The van der Waals surface area contributed by atoms with Gasteiger partial charge in [0.25, 0.3) is 0 Å². The Morgan fingerprint density at radius 1 is 0.913 bits per heavy atom. The Hall–Kier alpha value is -4.30. The third-order valence-electron chi connectivity index (χ3n) is 14.9. The molecule has 2 aromatic rings. The molecule has 0 spiro atoms. The van der Waals surface area contributed by atoms with E-state index in [0.29, 0.717) is 49.6 Å². The number of unbranched alkanes of at least 4 members (excludes halogenated alkanes) is 11. The van der Waals surface area contributed by atoms with Crippen LogP contribution < -0.4 is 14.8 Å². The largest absolute Gasteiger partial charge is 0.459 e. The van der Waals surface area contributed by atoms with Crippen LogP contribution in [0.15, 0.2) is 71.9 Å². The molecule has 0 radical (unpaired) electrons. The van der Waals surface area contributed by atoms with E-state index in [9.17, 15) is 24.2 Å². The van der Waals surface area contributed by atoms with E-state index in [-0.39, 0.29) is 68.2 Å². The SMILES string of the molecule is C=CCO[C@@]12Oc3ccc(OC(=O)NCCCCCCCCCCCC)cc3[C@H]3[C@H](CCCCO)[C@@H](CCCCO)C=C(C(=NOC4CCCCO4)C[C@@H]1N(Cc1ccc(F)cc1)C(=O)C1CC1)[C@H]32. The number of nitrogens with zero attached hydrogens (tertiary/aromatic N) is 2. The number of hydrogen-bond acceptors (Lipinski definition) is 10. The number of ether oxygens (including phenoxy) is 4. The molecule has 2 amide bonds. The zero-order chi connectivity index (χ0) is 48.4. The predicted octanol–water partition coefficient (Wildman–Crippen LogP) is 11.4. The van der Waals surface area contributed by atoms with E-state index >= 15 is 0 Å². The summed E-state index contributed by atoms with van der Waals surface area (Å²) in [5.41, 5.74) is 3.22. The average molecular weight is 958 g/mol. The van der Waals surface area contributed by atoms with Gasteiger partial charge in [0.2, 0.25) is 18.0 Å². The molecule has 2 aliphatic heterocycles.